The van der Waals surface area contributed by atoms with E-state index in [-0.39, 0.29) is 11.1 Å². The van der Waals surface area contributed by atoms with Crippen molar-refractivity contribution in [3.05, 3.63) is 24.8 Å². The van der Waals surface area contributed by atoms with E-state index in [0.717, 1.165) is 32.3 Å². The van der Waals surface area contributed by atoms with Gasteiger partial charge in [-0.3, -0.25) is 0 Å². The van der Waals surface area contributed by atoms with Gasteiger partial charge < -0.3 is 13.9 Å². The van der Waals surface area contributed by atoms with Crippen LogP contribution in [0.5, 0.6) is 0 Å². The van der Waals surface area contributed by atoms with Gasteiger partial charge in [-0.1, -0.05) is 46.4 Å². The Bertz CT molecular complexity index is 396. The number of carbonyl (C=O) groups is 1. The normalized spacial score (nSPS) is 13.3. The molecule has 0 heterocycles. The average molecular weight is 343 g/mol. The summed E-state index contributed by atoms with van der Waals surface area (Å²) in [6, 6.07) is 0. The molecule has 0 aromatic rings. The van der Waals surface area contributed by atoms with E-state index in [4.69, 9.17) is 9.16 Å². The zero-order valence-corrected chi connectivity index (χ0v) is 16.7. The highest BCUT2D eigenvalue weighted by Gasteiger charge is 2.36. The summed E-state index contributed by atoms with van der Waals surface area (Å²) in [5.41, 5.74) is 0.702. The zero-order chi connectivity index (χ0) is 18.1. The molecule has 0 saturated carbocycles. The van der Waals surface area contributed by atoms with Gasteiger partial charge in [0.2, 0.25) is 0 Å². The van der Waals surface area contributed by atoms with Crippen molar-refractivity contribution in [1.29, 1.82) is 0 Å². The first-order valence-electron chi connectivity index (χ1n) is 8.25. The van der Waals surface area contributed by atoms with Gasteiger partial charge in [0.05, 0.1) is 7.11 Å². The van der Waals surface area contributed by atoms with Crippen molar-refractivity contribution in [1.82, 2.24) is 0 Å². The van der Waals surface area contributed by atoms with Crippen LogP contribution in [0.2, 0.25) is 18.1 Å². The molecule has 0 amide bonds. The minimum Gasteiger partial charge on any atom is -0.438 e. The van der Waals surface area contributed by atoms with Crippen LogP contribution in [0.3, 0.4) is 0 Å². The van der Waals surface area contributed by atoms with Gasteiger partial charge in [0.1, 0.15) is 6.10 Å². The first-order valence-corrected chi connectivity index (χ1v) is 11.2. The smallest absolute Gasteiger partial charge is 0.438 e. The molecule has 0 aliphatic carbocycles. The Hall–Kier alpha value is -1.07. The minimum absolute atomic E-state index is 0.244. The van der Waals surface area contributed by atoms with Gasteiger partial charge in [0.25, 0.3) is 0 Å². The van der Waals surface area contributed by atoms with Gasteiger partial charge in [-0.25, -0.2) is 4.79 Å². The Morgan fingerprint density at radius 1 is 1.22 bits per heavy atom. The molecular formula is C18H34O4Si. The van der Waals surface area contributed by atoms with Crippen molar-refractivity contribution >= 4 is 14.5 Å². The zero-order valence-electron chi connectivity index (χ0n) is 15.7. The summed E-state index contributed by atoms with van der Waals surface area (Å²) in [5, 5.41) is 0.244. The lowest BCUT2D eigenvalue weighted by Crippen LogP contribution is -2.40. The molecule has 5 heteroatoms. The fourth-order valence-corrected chi connectivity index (χ4v) is 2.86. The van der Waals surface area contributed by atoms with Crippen LogP contribution < -0.4 is 0 Å². The van der Waals surface area contributed by atoms with E-state index in [1.54, 1.807) is 6.08 Å². The Balaban J connectivity index is 4.10. The summed E-state index contributed by atoms with van der Waals surface area (Å²) in [7, 11) is -0.351. The highest BCUT2D eigenvalue weighted by atomic mass is 28.4. The van der Waals surface area contributed by atoms with E-state index in [2.05, 4.69) is 51.8 Å². The maximum atomic E-state index is 11.2. The topological polar surface area (TPSA) is 44.8 Å². The van der Waals surface area contributed by atoms with Gasteiger partial charge in [0, 0.05) is 6.61 Å². The van der Waals surface area contributed by atoms with E-state index in [1.807, 2.05) is 0 Å². The van der Waals surface area contributed by atoms with Crippen molar-refractivity contribution in [2.24, 2.45) is 0 Å². The molecule has 134 valence electrons. The van der Waals surface area contributed by atoms with Crippen LogP contribution in [0.1, 0.15) is 46.5 Å². The average Bonchev–Trinajstić information content (AvgIpc) is 2.47. The summed E-state index contributed by atoms with van der Waals surface area (Å²) in [5.74, 6) is 0. The highest BCUT2D eigenvalue weighted by molar-refractivity contribution is 6.74. The minimum atomic E-state index is -1.65. The maximum absolute atomic E-state index is 11.2. The van der Waals surface area contributed by atoms with Crippen molar-refractivity contribution in [2.45, 2.75) is 70.7 Å². The molecule has 0 bridgehead atoms. The molecule has 0 radical (unpaired) electrons. The lowest BCUT2D eigenvalue weighted by Gasteiger charge is -2.36. The summed E-state index contributed by atoms with van der Waals surface area (Å²) < 4.78 is 15.9. The van der Waals surface area contributed by atoms with Gasteiger partial charge >= 0.3 is 6.16 Å². The van der Waals surface area contributed by atoms with Gasteiger partial charge in [-0.05, 0) is 43.0 Å². The van der Waals surface area contributed by atoms with Crippen molar-refractivity contribution in [3.8, 4) is 0 Å². The van der Waals surface area contributed by atoms with Crippen molar-refractivity contribution in [3.63, 3.8) is 0 Å². The fraction of sp³-hybridized carbons (Fsp3) is 0.722. The van der Waals surface area contributed by atoms with Crippen LogP contribution in [-0.4, -0.2) is 34.3 Å². The summed E-state index contributed by atoms with van der Waals surface area (Å²) in [6.45, 7) is 19.6. The lowest BCUT2D eigenvalue weighted by molar-refractivity contribution is 0.0466. The quantitative estimate of drug-likeness (QED) is 0.229. The van der Waals surface area contributed by atoms with Crippen LogP contribution in [0, 0.1) is 0 Å². The number of carbonyl (C=O) groups excluding carboxylic acids is 1. The Morgan fingerprint density at radius 3 is 2.30 bits per heavy atom. The Morgan fingerprint density at radius 2 is 1.83 bits per heavy atom. The van der Waals surface area contributed by atoms with Crippen LogP contribution in [0.25, 0.3) is 0 Å². The number of hydrogen-bond donors (Lipinski definition) is 0. The molecule has 1 atom stereocenters. The molecule has 0 aromatic heterocycles. The third-order valence-corrected chi connectivity index (χ3v) is 9.00. The standard InChI is InChI=1S/C18H34O4Si/c1-9-15(2)16(22-17(19)20-6)13-11-10-12-14-21-23(7,8)18(3,4)5/h9,16H,1-2,10-14H2,3-8H3. The molecular weight excluding hydrogens is 308 g/mol. The van der Waals surface area contributed by atoms with E-state index >= 15 is 0 Å². The third kappa shape index (κ3) is 8.37. The first-order chi connectivity index (χ1) is 10.5. The number of unbranched alkanes of at least 4 members (excludes halogenated alkanes) is 2. The Kier molecular flexibility index (Phi) is 9.47. The second-order valence-electron chi connectivity index (χ2n) is 7.30. The van der Waals surface area contributed by atoms with E-state index < -0.39 is 14.5 Å². The van der Waals surface area contributed by atoms with Crippen LogP contribution in [0.15, 0.2) is 24.8 Å². The highest BCUT2D eigenvalue weighted by Crippen LogP contribution is 2.36. The van der Waals surface area contributed by atoms with Crippen molar-refractivity contribution in [2.75, 3.05) is 13.7 Å². The van der Waals surface area contributed by atoms with Crippen molar-refractivity contribution < 1.29 is 18.7 Å². The number of methoxy groups -OCH3 is 1. The van der Waals surface area contributed by atoms with Gasteiger partial charge in [0.15, 0.2) is 8.32 Å². The summed E-state index contributed by atoms with van der Waals surface area (Å²) in [4.78, 5) is 11.2. The monoisotopic (exact) mass is 342 g/mol. The second-order valence-corrected chi connectivity index (χ2v) is 12.1. The maximum Gasteiger partial charge on any atom is 0.508 e. The van der Waals surface area contributed by atoms with Crippen LogP contribution in [-0.2, 0) is 13.9 Å². The van der Waals surface area contributed by atoms with E-state index in [0.29, 0.717) is 5.57 Å². The van der Waals surface area contributed by atoms with Gasteiger partial charge in [-0.15, -0.1) is 0 Å². The molecule has 0 saturated heterocycles. The first kappa shape index (κ1) is 21.9. The largest absolute Gasteiger partial charge is 0.508 e. The van der Waals surface area contributed by atoms with Crippen LogP contribution >= 0.6 is 0 Å². The molecule has 4 nitrogen and oxygen atoms in total. The second kappa shape index (κ2) is 9.93. The Labute approximate surface area is 143 Å². The lowest BCUT2D eigenvalue weighted by atomic mass is 10.0. The molecule has 0 aliphatic rings. The summed E-state index contributed by atoms with van der Waals surface area (Å²) >= 11 is 0. The fourth-order valence-electron chi connectivity index (χ4n) is 1.77. The number of rotatable bonds is 10. The predicted molar refractivity (Wildman–Crippen MR) is 98.2 cm³/mol. The molecule has 0 rings (SSSR count). The molecule has 0 aliphatic heterocycles. The molecule has 1 unspecified atom stereocenters. The van der Waals surface area contributed by atoms with E-state index in [1.165, 1.54) is 7.11 Å². The molecule has 0 aromatic carbocycles. The van der Waals surface area contributed by atoms with Gasteiger partial charge in [-0.2, -0.15) is 0 Å². The molecule has 0 N–H and O–H groups in total. The molecule has 23 heavy (non-hydrogen) atoms. The molecule has 0 fully saturated rings. The third-order valence-electron chi connectivity index (χ3n) is 4.46. The van der Waals surface area contributed by atoms with E-state index in [9.17, 15) is 4.79 Å². The number of hydrogen-bond acceptors (Lipinski definition) is 4. The number of ether oxygens (including phenoxy) is 2. The van der Waals surface area contributed by atoms with Crippen LogP contribution in [0.4, 0.5) is 4.79 Å². The molecule has 0 spiro atoms. The SMILES string of the molecule is C=CC(=C)C(CCCCCO[Si](C)(C)C(C)(C)C)OC(=O)OC. The predicted octanol–water partition coefficient (Wildman–Crippen LogP) is 5.46. The summed E-state index contributed by atoms with van der Waals surface area (Å²) in [6.07, 6.45) is 4.28.